The monoisotopic (exact) mass is 576 g/mol. The normalized spacial score (nSPS) is 10.6. The smallest absolute Gasteiger partial charge is 0.185 e. The molecule has 44 heavy (non-hydrogen) atoms. The largest absolute Gasteiger partial charge is 0.345 e. The molecule has 0 bridgehead atoms. The van der Waals surface area contributed by atoms with Crippen molar-refractivity contribution >= 4 is 11.6 Å². The molecule has 218 valence electrons. The van der Waals surface area contributed by atoms with Crippen LogP contribution in [0, 0.1) is 50.4 Å². The number of rotatable bonds is 10. The summed E-state index contributed by atoms with van der Waals surface area (Å²) in [7, 11) is 0. The molecule has 1 aromatic heterocycles. The van der Waals surface area contributed by atoms with Gasteiger partial charge in [0.2, 0.25) is 0 Å². The molecule has 5 aromatic rings. The van der Waals surface area contributed by atoms with Crippen LogP contribution in [0.25, 0.3) is 0 Å². The summed E-state index contributed by atoms with van der Waals surface area (Å²) in [6, 6.07) is 37.5. The summed E-state index contributed by atoms with van der Waals surface area (Å²) >= 11 is 0. The van der Waals surface area contributed by atoms with Crippen LogP contribution in [-0.2, 0) is 26.2 Å². The fourth-order valence-electron chi connectivity index (χ4n) is 5.39. The van der Waals surface area contributed by atoms with Crippen LogP contribution in [0.3, 0.4) is 0 Å². The Morgan fingerprint density at radius 2 is 0.705 bits per heavy atom. The first kappa shape index (κ1) is 30.0. The lowest BCUT2D eigenvalue weighted by atomic mass is 10.1. The van der Waals surface area contributed by atoms with Gasteiger partial charge in [-0.2, -0.15) is 10.5 Å². The Hall–Kier alpha value is -5.46. The first-order chi connectivity index (χ1) is 21.4. The number of hydrogen-bond donors (Lipinski definition) is 0. The van der Waals surface area contributed by atoms with E-state index in [9.17, 15) is 10.5 Å². The number of anilines is 2. The second-order valence-corrected chi connectivity index (χ2v) is 11.2. The molecule has 6 heteroatoms. The van der Waals surface area contributed by atoms with Crippen molar-refractivity contribution in [3.63, 3.8) is 0 Å². The molecule has 5 rings (SSSR count). The molecule has 0 unspecified atom stereocenters. The predicted molar refractivity (Wildman–Crippen MR) is 176 cm³/mol. The maximum Gasteiger partial charge on any atom is 0.185 e. The Morgan fingerprint density at radius 1 is 0.455 bits per heavy atom. The molecule has 0 N–H and O–H groups in total. The average Bonchev–Trinajstić information content (AvgIpc) is 3.03. The van der Waals surface area contributed by atoms with Gasteiger partial charge in [-0.3, -0.25) is 0 Å². The Labute approximate surface area is 260 Å². The number of nitrogens with zero attached hydrogens (tertiary/aromatic N) is 6. The van der Waals surface area contributed by atoms with E-state index >= 15 is 0 Å². The first-order valence-corrected chi connectivity index (χ1v) is 14.8. The third-order valence-corrected chi connectivity index (χ3v) is 8.16. The van der Waals surface area contributed by atoms with Crippen LogP contribution in [-0.4, -0.2) is 9.97 Å². The van der Waals surface area contributed by atoms with Gasteiger partial charge in [-0.05, 0) is 72.2 Å². The van der Waals surface area contributed by atoms with Gasteiger partial charge in [0.1, 0.15) is 12.1 Å². The number of aryl methyl sites for hydroxylation is 4. The SMILES string of the molecule is Cc1ccccc1CN(Cc1ccccc1C)c1nc(C#N)c(N(Cc2ccccc2C)Cc2ccccc2C)nc1C#N. The van der Waals surface area contributed by atoms with Crippen LogP contribution < -0.4 is 9.80 Å². The second kappa shape index (κ2) is 13.7. The summed E-state index contributed by atoms with van der Waals surface area (Å²) in [5, 5.41) is 20.9. The summed E-state index contributed by atoms with van der Waals surface area (Å²) in [6.45, 7) is 10.4. The number of benzene rings is 4. The fourth-order valence-corrected chi connectivity index (χ4v) is 5.39. The highest BCUT2D eigenvalue weighted by Gasteiger charge is 2.24. The Kier molecular flexibility index (Phi) is 9.33. The average molecular weight is 577 g/mol. The number of nitriles is 2. The molecule has 6 nitrogen and oxygen atoms in total. The lowest BCUT2D eigenvalue weighted by Crippen LogP contribution is -2.29. The summed E-state index contributed by atoms with van der Waals surface area (Å²) < 4.78 is 0. The highest BCUT2D eigenvalue weighted by atomic mass is 15.2. The Bertz CT molecular complexity index is 1630. The second-order valence-electron chi connectivity index (χ2n) is 11.2. The Balaban J connectivity index is 1.63. The maximum atomic E-state index is 10.5. The van der Waals surface area contributed by atoms with Crippen LogP contribution in [0.1, 0.15) is 55.9 Å². The fraction of sp³-hybridized carbons (Fsp3) is 0.211. The molecular formula is C38H36N6. The van der Waals surface area contributed by atoms with Gasteiger partial charge in [0.25, 0.3) is 0 Å². The lowest BCUT2D eigenvalue weighted by Gasteiger charge is -2.29. The van der Waals surface area contributed by atoms with Crippen molar-refractivity contribution in [2.24, 2.45) is 0 Å². The van der Waals surface area contributed by atoms with Crippen LogP contribution in [0.4, 0.5) is 11.6 Å². The molecule has 0 aliphatic rings. The molecule has 0 spiro atoms. The first-order valence-electron chi connectivity index (χ1n) is 14.8. The third-order valence-electron chi connectivity index (χ3n) is 8.16. The van der Waals surface area contributed by atoms with E-state index in [0.29, 0.717) is 37.8 Å². The molecule has 0 fully saturated rings. The quantitative estimate of drug-likeness (QED) is 0.168. The standard InChI is InChI=1S/C38H36N6/c1-27-13-5-9-17-31(27)23-43(24-32-18-10-6-14-28(32)2)37-35(21-39)42-38(36(22-40)41-37)44(25-33-19-11-7-15-29(33)3)26-34-20-12-8-16-30(34)4/h5-20H,23-26H2,1-4H3. The molecule has 0 radical (unpaired) electrons. The van der Waals surface area contributed by atoms with E-state index in [1.165, 1.54) is 0 Å². The van der Waals surface area contributed by atoms with Crippen molar-refractivity contribution < 1.29 is 0 Å². The van der Waals surface area contributed by atoms with E-state index in [-0.39, 0.29) is 11.4 Å². The minimum absolute atomic E-state index is 0.195. The molecule has 0 aliphatic heterocycles. The van der Waals surface area contributed by atoms with Crippen molar-refractivity contribution in [2.45, 2.75) is 53.9 Å². The summed E-state index contributed by atoms with van der Waals surface area (Å²) in [6.07, 6.45) is 0. The van der Waals surface area contributed by atoms with Gasteiger partial charge in [0, 0.05) is 26.2 Å². The zero-order chi connectivity index (χ0) is 31.1. The highest BCUT2D eigenvalue weighted by Crippen LogP contribution is 2.30. The third kappa shape index (κ3) is 6.77. The van der Waals surface area contributed by atoms with Crippen molar-refractivity contribution in [1.82, 2.24) is 9.97 Å². The van der Waals surface area contributed by atoms with Gasteiger partial charge < -0.3 is 9.80 Å². The van der Waals surface area contributed by atoms with E-state index in [4.69, 9.17) is 9.97 Å². The molecule has 0 saturated heterocycles. The van der Waals surface area contributed by atoms with Gasteiger partial charge in [-0.15, -0.1) is 0 Å². The lowest BCUT2D eigenvalue weighted by molar-refractivity contribution is 0.748. The van der Waals surface area contributed by atoms with Gasteiger partial charge in [-0.25, -0.2) is 9.97 Å². The van der Waals surface area contributed by atoms with Crippen molar-refractivity contribution in [3.05, 3.63) is 153 Å². The van der Waals surface area contributed by atoms with E-state index in [1.54, 1.807) is 0 Å². The van der Waals surface area contributed by atoms with Crippen LogP contribution in [0.15, 0.2) is 97.1 Å². The molecule has 0 atom stereocenters. The van der Waals surface area contributed by atoms with Crippen LogP contribution in [0.2, 0.25) is 0 Å². The highest BCUT2D eigenvalue weighted by molar-refractivity contribution is 5.61. The van der Waals surface area contributed by atoms with Crippen molar-refractivity contribution in [2.75, 3.05) is 9.80 Å². The van der Waals surface area contributed by atoms with E-state index in [1.807, 2.05) is 48.5 Å². The molecular weight excluding hydrogens is 540 g/mol. The number of aromatic nitrogens is 2. The molecule has 0 amide bonds. The predicted octanol–water partition coefficient (Wildman–Crippen LogP) is 7.87. The van der Waals surface area contributed by atoms with Crippen LogP contribution >= 0.6 is 0 Å². The minimum atomic E-state index is 0.195. The van der Waals surface area contributed by atoms with E-state index in [0.717, 1.165) is 44.5 Å². The summed E-state index contributed by atoms with van der Waals surface area (Å²) in [4.78, 5) is 13.9. The van der Waals surface area contributed by atoms with Gasteiger partial charge in [0.15, 0.2) is 23.0 Å². The van der Waals surface area contributed by atoms with Gasteiger partial charge in [0.05, 0.1) is 0 Å². The van der Waals surface area contributed by atoms with Crippen molar-refractivity contribution in [1.29, 1.82) is 10.5 Å². The summed E-state index contributed by atoms with van der Waals surface area (Å²) in [5.74, 6) is 0.817. The molecule has 1 heterocycles. The van der Waals surface area contributed by atoms with Crippen molar-refractivity contribution in [3.8, 4) is 12.1 Å². The molecule has 0 aliphatic carbocycles. The topological polar surface area (TPSA) is 79.8 Å². The minimum Gasteiger partial charge on any atom is -0.345 e. The maximum absolute atomic E-state index is 10.5. The Morgan fingerprint density at radius 3 is 0.932 bits per heavy atom. The zero-order valence-electron chi connectivity index (χ0n) is 25.7. The van der Waals surface area contributed by atoms with Crippen LogP contribution in [0.5, 0.6) is 0 Å². The van der Waals surface area contributed by atoms with E-state index < -0.39 is 0 Å². The molecule has 0 saturated carbocycles. The summed E-state index contributed by atoms with van der Waals surface area (Å²) in [5.41, 5.74) is 9.46. The zero-order valence-corrected chi connectivity index (χ0v) is 25.7. The number of hydrogen-bond acceptors (Lipinski definition) is 6. The molecule has 4 aromatic carbocycles. The van der Waals surface area contributed by atoms with Gasteiger partial charge >= 0.3 is 0 Å². The van der Waals surface area contributed by atoms with Gasteiger partial charge in [-0.1, -0.05) is 97.1 Å². The van der Waals surface area contributed by atoms with E-state index in [2.05, 4.69) is 98.2 Å².